The number of rotatable bonds is 7. The number of aryl methyl sites for hydroxylation is 1. The molecule has 0 aliphatic heterocycles. The molecular weight excluding hydrogens is 496 g/mol. The van der Waals surface area contributed by atoms with Crippen molar-refractivity contribution >= 4 is 56.4 Å². The maximum atomic E-state index is 12.8. The predicted octanol–water partition coefficient (Wildman–Crippen LogP) is 3.32. The number of ether oxygens (including phenoxy) is 1. The van der Waals surface area contributed by atoms with Gasteiger partial charge in [0.15, 0.2) is 12.3 Å². The van der Waals surface area contributed by atoms with Crippen molar-refractivity contribution in [1.82, 2.24) is 19.9 Å². The largest absolute Gasteiger partial charge is 0.480 e. The molecule has 2 heterocycles. The first-order chi connectivity index (χ1) is 15.8. The monoisotopic (exact) mass is 512 g/mol. The van der Waals surface area contributed by atoms with Crippen LogP contribution in [0.25, 0.3) is 11.0 Å². The number of amides is 2. The number of nitrogens with one attached hydrogen (secondary N) is 4. The van der Waals surface area contributed by atoms with Crippen molar-refractivity contribution in [3.63, 3.8) is 0 Å². The van der Waals surface area contributed by atoms with Crippen LogP contribution in [0.4, 0.5) is 11.6 Å². The smallest absolute Gasteiger partial charge is 0.341 e. The number of aliphatic carboxylic acids is 1. The number of para-hydroxylation sites is 1. The van der Waals surface area contributed by atoms with E-state index in [-0.39, 0.29) is 23.1 Å². The van der Waals surface area contributed by atoms with Gasteiger partial charge in [0.2, 0.25) is 5.95 Å². The third kappa shape index (κ3) is 4.85. The van der Waals surface area contributed by atoms with E-state index in [1.54, 1.807) is 24.3 Å². The van der Waals surface area contributed by atoms with Crippen LogP contribution in [0, 0.1) is 6.92 Å². The molecule has 2 amide bonds. The average Bonchev–Trinajstić information content (AvgIpc) is 3.41. The van der Waals surface area contributed by atoms with Crippen molar-refractivity contribution in [2.24, 2.45) is 0 Å². The summed E-state index contributed by atoms with van der Waals surface area (Å²) in [6, 6.07) is 10.4. The number of imidazole rings is 2. The molecule has 5 N–H and O–H groups in total. The predicted molar refractivity (Wildman–Crippen MR) is 123 cm³/mol. The van der Waals surface area contributed by atoms with Crippen LogP contribution < -0.4 is 15.4 Å². The topological polar surface area (TPSA) is 162 Å². The van der Waals surface area contributed by atoms with Crippen LogP contribution in [0.2, 0.25) is 0 Å². The van der Waals surface area contributed by atoms with Gasteiger partial charge < -0.3 is 25.1 Å². The van der Waals surface area contributed by atoms with E-state index in [1.165, 1.54) is 6.33 Å². The molecular formula is C21H17BrN6O5. The van der Waals surface area contributed by atoms with E-state index in [1.807, 2.05) is 19.1 Å². The lowest BCUT2D eigenvalue weighted by molar-refractivity contribution is -0.139. The highest BCUT2D eigenvalue weighted by Crippen LogP contribution is 2.25. The van der Waals surface area contributed by atoms with E-state index in [0.717, 1.165) is 10.0 Å². The first-order valence-corrected chi connectivity index (χ1v) is 10.4. The first kappa shape index (κ1) is 22.0. The number of anilines is 2. The standard InChI is InChI=1S/C21H17BrN6O5/c1-10-5-6-11(22)7-13(10)25-19(31)17-18(24-9-23-17)20(32)28-21-26-12-3-2-4-14(16(12)27-21)33-8-15(29)30/h2-7,9H,8H2,1H3,(H,23,24)(H,25,31)(H,29,30)(H2,26,27,28,32). The van der Waals surface area contributed by atoms with Gasteiger partial charge in [-0.25, -0.2) is 14.8 Å². The van der Waals surface area contributed by atoms with Crippen molar-refractivity contribution in [2.45, 2.75) is 6.92 Å². The van der Waals surface area contributed by atoms with Crippen molar-refractivity contribution in [2.75, 3.05) is 17.2 Å². The fraction of sp³-hybridized carbons (Fsp3) is 0.0952. The molecule has 0 unspecified atom stereocenters. The Labute approximate surface area is 194 Å². The Morgan fingerprint density at radius 3 is 2.76 bits per heavy atom. The summed E-state index contributed by atoms with van der Waals surface area (Å²) in [4.78, 5) is 50.2. The summed E-state index contributed by atoms with van der Waals surface area (Å²) in [6.07, 6.45) is 1.24. The minimum Gasteiger partial charge on any atom is -0.480 e. The van der Waals surface area contributed by atoms with Crippen LogP contribution in [0.15, 0.2) is 47.2 Å². The third-order valence-electron chi connectivity index (χ3n) is 4.59. The van der Waals surface area contributed by atoms with Crippen molar-refractivity contribution < 1.29 is 24.2 Å². The zero-order valence-electron chi connectivity index (χ0n) is 17.1. The Kier molecular flexibility index (Phi) is 6.09. The van der Waals surface area contributed by atoms with Gasteiger partial charge in [-0.1, -0.05) is 28.1 Å². The summed E-state index contributed by atoms with van der Waals surface area (Å²) in [5, 5.41) is 14.1. The second-order valence-corrected chi connectivity index (χ2v) is 7.83. The van der Waals surface area contributed by atoms with Gasteiger partial charge >= 0.3 is 5.97 Å². The highest BCUT2D eigenvalue weighted by molar-refractivity contribution is 9.10. The molecule has 0 aliphatic rings. The molecule has 0 atom stereocenters. The lowest BCUT2D eigenvalue weighted by Gasteiger charge is -2.08. The molecule has 2 aromatic heterocycles. The third-order valence-corrected chi connectivity index (χ3v) is 5.08. The van der Waals surface area contributed by atoms with E-state index < -0.39 is 24.4 Å². The van der Waals surface area contributed by atoms with Crippen LogP contribution in [-0.2, 0) is 4.79 Å². The average molecular weight is 513 g/mol. The van der Waals surface area contributed by atoms with Gasteiger partial charge in [0.25, 0.3) is 11.8 Å². The molecule has 0 aliphatic carbocycles. The van der Waals surface area contributed by atoms with E-state index in [9.17, 15) is 14.4 Å². The van der Waals surface area contributed by atoms with E-state index in [4.69, 9.17) is 9.84 Å². The molecule has 11 nitrogen and oxygen atoms in total. The number of carbonyl (C=O) groups is 3. The maximum absolute atomic E-state index is 12.8. The fourth-order valence-corrected chi connectivity index (χ4v) is 3.40. The molecule has 168 valence electrons. The van der Waals surface area contributed by atoms with E-state index in [2.05, 4.69) is 46.5 Å². The van der Waals surface area contributed by atoms with Crippen LogP contribution in [0.5, 0.6) is 5.75 Å². The van der Waals surface area contributed by atoms with Crippen molar-refractivity contribution in [3.05, 3.63) is 64.1 Å². The molecule has 12 heteroatoms. The number of nitrogens with zero attached hydrogens (tertiary/aromatic N) is 2. The number of H-pyrrole nitrogens is 2. The number of hydrogen-bond acceptors (Lipinski definition) is 6. The Bertz CT molecular complexity index is 1380. The van der Waals surface area contributed by atoms with Gasteiger partial charge in [0.1, 0.15) is 17.0 Å². The molecule has 2 aromatic carbocycles. The molecule has 0 saturated heterocycles. The van der Waals surface area contributed by atoms with Crippen molar-refractivity contribution in [1.29, 1.82) is 0 Å². The Hall–Kier alpha value is -4.19. The second-order valence-electron chi connectivity index (χ2n) is 6.91. The SMILES string of the molecule is Cc1ccc(Br)cc1NC(=O)c1nc[nH]c1C(=O)Nc1nc2c(OCC(=O)O)cccc2[nH]1. The van der Waals surface area contributed by atoms with Gasteiger partial charge in [0, 0.05) is 10.2 Å². The number of carboxylic acid groups (broad SMARTS) is 1. The van der Waals surface area contributed by atoms with E-state index in [0.29, 0.717) is 16.7 Å². The molecule has 4 aromatic rings. The normalized spacial score (nSPS) is 10.7. The number of fused-ring (bicyclic) bond motifs is 1. The molecule has 0 fully saturated rings. The van der Waals surface area contributed by atoms with E-state index >= 15 is 0 Å². The Balaban J connectivity index is 1.53. The minimum absolute atomic E-state index is 0.0528. The maximum Gasteiger partial charge on any atom is 0.341 e. The van der Waals surface area contributed by atoms with Crippen LogP contribution in [-0.4, -0.2) is 49.4 Å². The summed E-state index contributed by atoms with van der Waals surface area (Å²) < 4.78 is 6.02. The zero-order chi connectivity index (χ0) is 23.5. The van der Waals surface area contributed by atoms with Gasteiger partial charge in [-0.3, -0.25) is 14.9 Å². The molecule has 0 saturated carbocycles. The number of aromatic nitrogens is 4. The molecule has 4 rings (SSSR count). The van der Waals surface area contributed by atoms with Crippen LogP contribution in [0.1, 0.15) is 26.5 Å². The minimum atomic E-state index is -1.13. The number of carboxylic acids is 1. The summed E-state index contributed by atoms with van der Waals surface area (Å²) in [6.45, 7) is 1.31. The molecule has 0 radical (unpaired) electrons. The number of halogens is 1. The zero-order valence-corrected chi connectivity index (χ0v) is 18.7. The lowest BCUT2D eigenvalue weighted by atomic mass is 10.2. The molecule has 0 spiro atoms. The Morgan fingerprint density at radius 1 is 1.15 bits per heavy atom. The summed E-state index contributed by atoms with van der Waals surface area (Å²) >= 11 is 3.36. The van der Waals surface area contributed by atoms with Gasteiger partial charge in [-0.2, -0.15) is 0 Å². The summed E-state index contributed by atoms with van der Waals surface area (Å²) in [5.74, 6) is -1.99. The first-order valence-electron chi connectivity index (χ1n) is 9.57. The van der Waals surface area contributed by atoms with Gasteiger partial charge in [-0.05, 0) is 36.8 Å². The fourth-order valence-electron chi connectivity index (χ4n) is 3.04. The van der Waals surface area contributed by atoms with Gasteiger partial charge in [-0.15, -0.1) is 0 Å². The van der Waals surface area contributed by atoms with Crippen LogP contribution in [0.3, 0.4) is 0 Å². The van der Waals surface area contributed by atoms with Crippen LogP contribution >= 0.6 is 15.9 Å². The number of benzene rings is 2. The summed E-state index contributed by atoms with van der Waals surface area (Å²) in [7, 11) is 0. The van der Waals surface area contributed by atoms with Gasteiger partial charge in [0.05, 0.1) is 11.8 Å². The highest BCUT2D eigenvalue weighted by atomic mass is 79.9. The number of aromatic amines is 2. The molecule has 33 heavy (non-hydrogen) atoms. The van der Waals surface area contributed by atoms with Crippen molar-refractivity contribution in [3.8, 4) is 5.75 Å². The second kappa shape index (κ2) is 9.12. The number of carbonyl (C=O) groups excluding carboxylic acids is 2. The Morgan fingerprint density at radius 2 is 1.97 bits per heavy atom. The quantitative estimate of drug-likeness (QED) is 0.253. The molecule has 0 bridgehead atoms. The summed E-state index contributed by atoms with van der Waals surface area (Å²) in [5.41, 5.74) is 2.16. The number of hydrogen-bond donors (Lipinski definition) is 5. The highest BCUT2D eigenvalue weighted by Gasteiger charge is 2.22. The lowest BCUT2D eigenvalue weighted by Crippen LogP contribution is -2.21.